The highest BCUT2D eigenvalue weighted by molar-refractivity contribution is 7.98. The van der Waals surface area contributed by atoms with Gasteiger partial charge in [-0.3, -0.25) is 9.59 Å². The quantitative estimate of drug-likeness (QED) is 0.249. The van der Waals surface area contributed by atoms with Gasteiger partial charge in [0.05, 0.1) is 17.3 Å². The van der Waals surface area contributed by atoms with Crippen molar-refractivity contribution in [2.24, 2.45) is 0 Å². The van der Waals surface area contributed by atoms with Gasteiger partial charge in [0.1, 0.15) is 0 Å². The minimum Gasteiger partial charge on any atom is -0.459 e. The molecule has 3 N–H and O–H groups in total. The van der Waals surface area contributed by atoms with Crippen molar-refractivity contribution in [2.75, 3.05) is 5.32 Å². The molecule has 0 fully saturated rings. The van der Waals surface area contributed by atoms with E-state index < -0.39 is 0 Å². The molecule has 8 heteroatoms. The van der Waals surface area contributed by atoms with E-state index in [0.29, 0.717) is 17.8 Å². The molecule has 0 saturated carbocycles. The van der Waals surface area contributed by atoms with Crippen molar-refractivity contribution < 1.29 is 14.0 Å². The second kappa shape index (κ2) is 10.3. The predicted octanol–water partition coefficient (Wildman–Crippen LogP) is 5.63. The number of rotatable bonds is 8. The maximum absolute atomic E-state index is 12.6. The molecule has 5 aromatic rings. The van der Waals surface area contributed by atoms with Crippen LogP contribution in [-0.2, 0) is 12.3 Å². The number of benzene rings is 3. The van der Waals surface area contributed by atoms with E-state index >= 15 is 0 Å². The molecule has 0 spiro atoms. The minimum absolute atomic E-state index is 0.142. The van der Waals surface area contributed by atoms with Gasteiger partial charge in [0.2, 0.25) is 0 Å². The molecule has 0 saturated heterocycles. The van der Waals surface area contributed by atoms with Gasteiger partial charge in [-0.05, 0) is 59.7 Å². The fourth-order valence-corrected chi connectivity index (χ4v) is 4.33. The second-order valence-electron chi connectivity index (χ2n) is 7.86. The summed E-state index contributed by atoms with van der Waals surface area (Å²) in [6.07, 6.45) is 1.45. The van der Waals surface area contributed by atoms with Crippen molar-refractivity contribution in [3.05, 3.63) is 114 Å². The number of hydrogen-bond donors (Lipinski definition) is 3. The van der Waals surface area contributed by atoms with E-state index in [9.17, 15) is 9.59 Å². The van der Waals surface area contributed by atoms with Gasteiger partial charge in [0, 0.05) is 23.5 Å². The topological polar surface area (TPSA) is 100 Å². The Morgan fingerprint density at radius 1 is 0.857 bits per heavy atom. The number of fused-ring (bicyclic) bond motifs is 1. The van der Waals surface area contributed by atoms with Crippen LogP contribution in [0.3, 0.4) is 0 Å². The van der Waals surface area contributed by atoms with Crippen molar-refractivity contribution in [1.82, 2.24) is 15.3 Å². The first-order chi connectivity index (χ1) is 17.1. The molecule has 174 valence electrons. The molecule has 0 aliphatic carbocycles. The molecule has 2 heterocycles. The van der Waals surface area contributed by atoms with E-state index in [4.69, 9.17) is 4.42 Å². The molecule has 0 atom stereocenters. The highest BCUT2D eigenvalue weighted by Gasteiger charge is 2.09. The molecule has 0 bridgehead atoms. The number of furan rings is 1. The number of anilines is 1. The third-order valence-electron chi connectivity index (χ3n) is 5.37. The zero-order valence-electron chi connectivity index (χ0n) is 18.7. The largest absolute Gasteiger partial charge is 0.459 e. The lowest BCUT2D eigenvalue weighted by molar-refractivity contribution is 0.0949. The Bertz CT molecular complexity index is 1410. The first kappa shape index (κ1) is 22.5. The number of aromatic amines is 1. The van der Waals surface area contributed by atoms with Crippen molar-refractivity contribution in [3.63, 3.8) is 0 Å². The fourth-order valence-electron chi connectivity index (χ4n) is 3.49. The summed E-state index contributed by atoms with van der Waals surface area (Å²) >= 11 is 1.63. The number of nitrogens with zero attached hydrogens (tertiary/aromatic N) is 1. The highest BCUT2D eigenvalue weighted by atomic mass is 32.2. The Kier molecular flexibility index (Phi) is 6.63. The fraction of sp³-hybridized carbons (Fsp3) is 0.0741. The molecule has 0 aliphatic rings. The molecule has 3 aromatic carbocycles. The standard InChI is InChI=1S/C27H22N4O3S/c32-25(28-16-18-9-13-21(14-10-18)29-26(33)24-6-3-15-34-24)20-11-7-19(8-12-20)17-35-27-30-22-4-1-2-5-23(22)31-27/h1-15H,16-17H2,(H,28,32)(H,29,33)(H,30,31). The maximum atomic E-state index is 12.6. The van der Waals surface area contributed by atoms with E-state index in [2.05, 4.69) is 20.6 Å². The molecule has 0 radical (unpaired) electrons. The average Bonchev–Trinajstić information content (AvgIpc) is 3.57. The van der Waals surface area contributed by atoms with E-state index in [1.54, 1.807) is 36.0 Å². The summed E-state index contributed by atoms with van der Waals surface area (Å²) in [5, 5.41) is 6.57. The van der Waals surface area contributed by atoms with Crippen LogP contribution < -0.4 is 10.6 Å². The van der Waals surface area contributed by atoms with Crippen LogP contribution in [0.25, 0.3) is 11.0 Å². The lowest BCUT2D eigenvalue weighted by Gasteiger charge is -2.08. The van der Waals surface area contributed by atoms with Crippen LogP contribution in [-0.4, -0.2) is 21.8 Å². The third kappa shape index (κ3) is 5.62. The van der Waals surface area contributed by atoms with Gasteiger partial charge < -0.3 is 20.0 Å². The number of carbonyl (C=O) groups is 2. The summed E-state index contributed by atoms with van der Waals surface area (Å²) in [7, 11) is 0. The Labute approximate surface area is 206 Å². The number of thioether (sulfide) groups is 1. The van der Waals surface area contributed by atoms with Gasteiger partial charge in [0.25, 0.3) is 11.8 Å². The van der Waals surface area contributed by atoms with Crippen LogP contribution in [0.15, 0.2) is 101 Å². The lowest BCUT2D eigenvalue weighted by Crippen LogP contribution is -2.22. The van der Waals surface area contributed by atoms with Crippen molar-refractivity contribution in [2.45, 2.75) is 17.5 Å². The molecule has 2 amide bonds. The van der Waals surface area contributed by atoms with Gasteiger partial charge in [-0.25, -0.2) is 4.98 Å². The number of nitrogens with one attached hydrogen (secondary N) is 3. The van der Waals surface area contributed by atoms with Crippen molar-refractivity contribution in [3.8, 4) is 0 Å². The molecular formula is C27H22N4O3S. The van der Waals surface area contributed by atoms with Gasteiger partial charge in [-0.1, -0.05) is 48.2 Å². The smallest absolute Gasteiger partial charge is 0.291 e. The molecule has 5 rings (SSSR count). The van der Waals surface area contributed by atoms with Crippen molar-refractivity contribution >= 4 is 40.3 Å². The summed E-state index contributed by atoms with van der Waals surface area (Å²) in [6, 6.07) is 26.1. The van der Waals surface area contributed by atoms with Gasteiger partial charge in [-0.2, -0.15) is 0 Å². The molecule has 0 unspecified atom stereocenters. The van der Waals surface area contributed by atoms with E-state index in [1.165, 1.54) is 6.26 Å². The summed E-state index contributed by atoms with van der Waals surface area (Å²) in [4.78, 5) is 32.5. The van der Waals surface area contributed by atoms with Crippen LogP contribution >= 0.6 is 11.8 Å². The predicted molar refractivity (Wildman–Crippen MR) is 136 cm³/mol. The van der Waals surface area contributed by atoms with Crippen LogP contribution in [0.5, 0.6) is 0 Å². The number of carbonyl (C=O) groups excluding carboxylic acids is 2. The molecule has 35 heavy (non-hydrogen) atoms. The molecule has 7 nitrogen and oxygen atoms in total. The Hall–Kier alpha value is -4.30. The van der Waals surface area contributed by atoms with Crippen LogP contribution in [0, 0.1) is 0 Å². The monoisotopic (exact) mass is 482 g/mol. The SMILES string of the molecule is O=C(NCc1ccc(NC(=O)c2ccco2)cc1)c1ccc(CSc2nc3ccccc3[nH]2)cc1. The summed E-state index contributed by atoms with van der Waals surface area (Å²) in [6.45, 7) is 0.384. The zero-order chi connectivity index (χ0) is 24.0. The number of amides is 2. The normalized spacial score (nSPS) is 10.9. The van der Waals surface area contributed by atoms with Gasteiger partial charge in [-0.15, -0.1) is 0 Å². The minimum atomic E-state index is -0.310. The Balaban J connectivity index is 1.10. The van der Waals surface area contributed by atoms with E-state index in [1.807, 2.05) is 60.7 Å². The summed E-state index contributed by atoms with van der Waals surface area (Å²) in [5.41, 5.74) is 5.26. The van der Waals surface area contributed by atoms with E-state index in [-0.39, 0.29) is 17.6 Å². The number of hydrogen-bond acceptors (Lipinski definition) is 5. The van der Waals surface area contributed by atoms with E-state index in [0.717, 1.165) is 33.1 Å². The van der Waals surface area contributed by atoms with Gasteiger partial charge >= 0.3 is 0 Å². The third-order valence-corrected chi connectivity index (χ3v) is 6.31. The Morgan fingerprint density at radius 3 is 2.37 bits per heavy atom. The first-order valence-electron chi connectivity index (χ1n) is 11.0. The number of aromatic nitrogens is 2. The number of imidazole rings is 1. The maximum Gasteiger partial charge on any atom is 0.291 e. The first-order valence-corrected chi connectivity index (χ1v) is 12.0. The van der Waals surface area contributed by atoms with Crippen molar-refractivity contribution in [1.29, 1.82) is 0 Å². The number of H-pyrrole nitrogens is 1. The van der Waals surface area contributed by atoms with Crippen LogP contribution in [0.1, 0.15) is 32.0 Å². The average molecular weight is 483 g/mol. The molecular weight excluding hydrogens is 460 g/mol. The highest BCUT2D eigenvalue weighted by Crippen LogP contribution is 2.23. The number of para-hydroxylation sites is 2. The molecule has 2 aromatic heterocycles. The molecule has 0 aliphatic heterocycles. The lowest BCUT2D eigenvalue weighted by atomic mass is 10.1. The summed E-state index contributed by atoms with van der Waals surface area (Å²) < 4.78 is 5.09. The summed E-state index contributed by atoms with van der Waals surface area (Å²) in [5.74, 6) is 0.553. The second-order valence-corrected chi connectivity index (χ2v) is 8.82. The van der Waals surface area contributed by atoms with Gasteiger partial charge in [0.15, 0.2) is 10.9 Å². The van der Waals surface area contributed by atoms with Crippen LogP contribution in [0.4, 0.5) is 5.69 Å². The Morgan fingerprint density at radius 2 is 1.63 bits per heavy atom. The van der Waals surface area contributed by atoms with Crippen LogP contribution in [0.2, 0.25) is 0 Å². The zero-order valence-corrected chi connectivity index (χ0v) is 19.5.